The molecule has 1 aliphatic rings. The summed E-state index contributed by atoms with van der Waals surface area (Å²) in [4.78, 5) is 23.9. The molecule has 0 fully saturated rings. The molecular formula is C18H16N4O3. The number of aromatic amines is 1. The summed E-state index contributed by atoms with van der Waals surface area (Å²) in [5.74, 6) is 0.396. The third-order valence-electron chi connectivity index (χ3n) is 4.00. The van der Waals surface area contributed by atoms with E-state index >= 15 is 0 Å². The highest BCUT2D eigenvalue weighted by molar-refractivity contribution is 5.96. The molecule has 3 N–H and O–H groups in total. The molecule has 2 heterocycles. The summed E-state index contributed by atoms with van der Waals surface area (Å²) in [5.41, 5.74) is 2.96. The van der Waals surface area contributed by atoms with Gasteiger partial charge in [-0.1, -0.05) is 6.07 Å². The number of hydrogen-bond acceptors (Lipinski definition) is 4. The molecule has 4 rings (SSSR count). The van der Waals surface area contributed by atoms with Crippen LogP contribution in [-0.4, -0.2) is 28.6 Å². The molecular weight excluding hydrogens is 320 g/mol. The second kappa shape index (κ2) is 6.27. The van der Waals surface area contributed by atoms with Gasteiger partial charge in [-0.3, -0.25) is 14.7 Å². The first-order chi connectivity index (χ1) is 12.2. The van der Waals surface area contributed by atoms with Gasteiger partial charge in [0, 0.05) is 11.1 Å². The Kier molecular flexibility index (Phi) is 3.81. The SMILES string of the molecule is O=C(Cc1ccc2c(c1)NC(=O)CCO2)Nc1ccc2cn[nH]c2c1. The minimum Gasteiger partial charge on any atom is -0.491 e. The summed E-state index contributed by atoms with van der Waals surface area (Å²) in [6.07, 6.45) is 2.25. The molecule has 7 nitrogen and oxygen atoms in total. The van der Waals surface area contributed by atoms with E-state index in [1.54, 1.807) is 18.3 Å². The Morgan fingerprint density at radius 2 is 2.16 bits per heavy atom. The highest BCUT2D eigenvalue weighted by Gasteiger charge is 2.15. The zero-order valence-corrected chi connectivity index (χ0v) is 13.3. The number of rotatable bonds is 3. The number of anilines is 2. The van der Waals surface area contributed by atoms with E-state index in [0.29, 0.717) is 30.2 Å². The van der Waals surface area contributed by atoms with Crippen LogP contribution in [0.25, 0.3) is 10.9 Å². The van der Waals surface area contributed by atoms with Crippen molar-refractivity contribution in [2.75, 3.05) is 17.2 Å². The van der Waals surface area contributed by atoms with Crippen molar-refractivity contribution in [2.45, 2.75) is 12.8 Å². The van der Waals surface area contributed by atoms with Gasteiger partial charge in [0.2, 0.25) is 11.8 Å². The van der Waals surface area contributed by atoms with Crippen LogP contribution in [0.3, 0.4) is 0 Å². The van der Waals surface area contributed by atoms with Crippen LogP contribution >= 0.6 is 0 Å². The van der Waals surface area contributed by atoms with Crippen molar-refractivity contribution < 1.29 is 14.3 Å². The molecule has 0 unspecified atom stereocenters. The number of H-pyrrole nitrogens is 1. The number of amides is 2. The summed E-state index contributed by atoms with van der Waals surface area (Å²) in [5, 5.41) is 13.5. The highest BCUT2D eigenvalue weighted by atomic mass is 16.5. The molecule has 126 valence electrons. The number of hydrogen-bond donors (Lipinski definition) is 3. The number of carbonyl (C=O) groups is 2. The van der Waals surface area contributed by atoms with Crippen molar-refractivity contribution in [2.24, 2.45) is 0 Å². The van der Waals surface area contributed by atoms with Crippen LogP contribution in [0.15, 0.2) is 42.6 Å². The summed E-state index contributed by atoms with van der Waals surface area (Å²) in [7, 11) is 0. The fraction of sp³-hybridized carbons (Fsp3) is 0.167. The summed E-state index contributed by atoms with van der Waals surface area (Å²) >= 11 is 0. The number of carbonyl (C=O) groups excluding carboxylic acids is 2. The fourth-order valence-electron chi connectivity index (χ4n) is 2.78. The third-order valence-corrected chi connectivity index (χ3v) is 4.00. The highest BCUT2D eigenvalue weighted by Crippen LogP contribution is 2.28. The normalized spacial score (nSPS) is 13.5. The number of aromatic nitrogens is 2. The Bertz CT molecular complexity index is 964. The van der Waals surface area contributed by atoms with Crippen molar-refractivity contribution in [3.63, 3.8) is 0 Å². The minimum atomic E-state index is -0.139. The van der Waals surface area contributed by atoms with Gasteiger partial charge >= 0.3 is 0 Å². The van der Waals surface area contributed by atoms with Gasteiger partial charge in [-0.05, 0) is 35.9 Å². The zero-order valence-electron chi connectivity index (χ0n) is 13.3. The Morgan fingerprint density at radius 3 is 3.08 bits per heavy atom. The standard InChI is InChI=1S/C18H16N4O3/c23-17-5-6-25-16-4-1-11(7-15(16)21-17)8-18(24)20-13-3-2-12-10-19-22-14(12)9-13/h1-4,7,9-10H,5-6,8H2,(H,19,22)(H,20,24)(H,21,23). The molecule has 7 heteroatoms. The molecule has 0 saturated carbocycles. The van der Waals surface area contributed by atoms with Crippen molar-refractivity contribution in [1.82, 2.24) is 10.2 Å². The van der Waals surface area contributed by atoms with Crippen molar-refractivity contribution in [1.29, 1.82) is 0 Å². The first kappa shape index (κ1) is 15.2. The van der Waals surface area contributed by atoms with Gasteiger partial charge in [-0.15, -0.1) is 0 Å². The van der Waals surface area contributed by atoms with Gasteiger partial charge in [0.1, 0.15) is 5.75 Å². The second-order valence-electron chi connectivity index (χ2n) is 5.87. The van der Waals surface area contributed by atoms with Crippen LogP contribution in [0.1, 0.15) is 12.0 Å². The molecule has 0 aliphatic carbocycles. The number of benzene rings is 2. The van der Waals surface area contributed by atoms with Gasteiger partial charge < -0.3 is 15.4 Å². The molecule has 2 amide bonds. The maximum Gasteiger partial charge on any atom is 0.228 e. The van der Waals surface area contributed by atoms with E-state index in [-0.39, 0.29) is 18.2 Å². The third kappa shape index (κ3) is 3.30. The number of fused-ring (bicyclic) bond motifs is 2. The first-order valence-corrected chi connectivity index (χ1v) is 7.96. The van der Waals surface area contributed by atoms with Crippen LogP contribution in [0.5, 0.6) is 5.75 Å². The van der Waals surface area contributed by atoms with Gasteiger partial charge in [0.05, 0.1) is 36.8 Å². The van der Waals surface area contributed by atoms with Crippen LogP contribution in [0.2, 0.25) is 0 Å². The monoisotopic (exact) mass is 336 g/mol. The van der Waals surface area contributed by atoms with E-state index in [9.17, 15) is 9.59 Å². The van der Waals surface area contributed by atoms with E-state index in [0.717, 1.165) is 16.5 Å². The Labute approximate surface area is 143 Å². The maximum absolute atomic E-state index is 12.3. The topological polar surface area (TPSA) is 96.1 Å². The molecule has 0 atom stereocenters. The number of nitrogens with zero attached hydrogens (tertiary/aromatic N) is 1. The number of ether oxygens (including phenoxy) is 1. The van der Waals surface area contributed by atoms with Crippen LogP contribution < -0.4 is 15.4 Å². The summed E-state index contributed by atoms with van der Waals surface area (Å²) < 4.78 is 5.51. The van der Waals surface area contributed by atoms with E-state index < -0.39 is 0 Å². The quantitative estimate of drug-likeness (QED) is 0.684. The van der Waals surface area contributed by atoms with Crippen LogP contribution in [0.4, 0.5) is 11.4 Å². The largest absolute Gasteiger partial charge is 0.491 e. The molecule has 0 bridgehead atoms. The summed E-state index contributed by atoms with van der Waals surface area (Å²) in [6, 6.07) is 10.9. The van der Waals surface area contributed by atoms with Gasteiger partial charge in [-0.25, -0.2) is 0 Å². The second-order valence-corrected chi connectivity index (χ2v) is 5.87. The Hall–Kier alpha value is -3.35. The van der Waals surface area contributed by atoms with Crippen molar-refractivity contribution >= 4 is 34.1 Å². The lowest BCUT2D eigenvalue weighted by atomic mass is 10.1. The number of nitrogens with one attached hydrogen (secondary N) is 3. The van der Waals surface area contributed by atoms with Gasteiger partial charge in [0.15, 0.2) is 0 Å². The van der Waals surface area contributed by atoms with E-state index in [2.05, 4.69) is 20.8 Å². The Morgan fingerprint density at radius 1 is 1.24 bits per heavy atom. The fourth-order valence-corrected chi connectivity index (χ4v) is 2.78. The van der Waals surface area contributed by atoms with E-state index in [4.69, 9.17) is 4.74 Å². The average molecular weight is 336 g/mol. The smallest absolute Gasteiger partial charge is 0.228 e. The lowest BCUT2D eigenvalue weighted by Crippen LogP contribution is -2.15. The van der Waals surface area contributed by atoms with Crippen molar-refractivity contribution in [3.8, 4) is 5.75 Å². The van der Waals surface area contributed by atoms with E-state index in [1.807, 2.05) is 24.3 Å². The minimum absolute atomic E-state index is 0.0896. The first-order valence-electron chi connectivity index (χ1n) is 7.96. The molecule has 2 aromatic carbocycles. The zero-order chi connectivity index (χ0) is 17.2. The van der Waals surface area contributed by atoms with Gasteiger partial charge in [-0.2, -0.15) is 5.10 Å². The van der Waals surface area contributed by atoms with Crippen LogP contribution in [0, 0.1) is 0 Å². The lowest BCUT2D eigenvalue weighted by molar-refractivity contribution is -0.116. The molecule has 3 aromatic rings. The predicted octanol–water partition coefficient (Wildman–Crippen LogP) is 2.47. The Balaban J connectivity index is 1.47. The van der Waals surface area contributed by atoms with Crippen molar-refractivity contribution in [3.05, 3.63) is 48.2 Å². The molecule has 0 saturated heterocycles. The van der Waals surface area contributed by atoms with Gasteiger partial charge in [0.25, 0.3) is 0 Å². The molecule has 1 aliphatic heterocycles. The van der Waals surface area contributed by atoms with E-state index in [1.165, 1.54) is 0 Å². The lowest BCUT2D eigenvalue weighted by Gasteiger charge is -2.10. The molecule has 0 spiro atoms. The molecule has 1 aromatic heterocycles. The maximum atomic E-state index is 12.3. The summed E-state index contributed by atoms with van der Waals surface area (Å²) in [6.45, 7) is 0.356. The average Bonchev–Trinajstić information content (AvgIpc) is 2.96. The predicted molar refractivity (Wildman–Crippen MR) is 93.6 cm³/mol. The molecule has 0 radical (unpaired) electrons. The molecule has 25 heavy (non-hydrogen) atoms. The van der Waals surface area contributed by atoms with Crippen LogP contribution in [-0.2, 0) is 16.0 Å².